The van der Waals surface area contributed by atoms with Gasteiger partial charge in [0.1, 0.15) is 5.75 Å². The summed E-state index contributed by atoms with van der Waals surface area (Å²) in [7, 11) is 0. The van der Waals surface area contributed by atoms with Crippen molar-refractivity contribution in [1.82, 2.24) is 0 Å². The van der Waals surface area contributed by atoms with Crippen LogP contribution in [0.25, 0.3) is 0 Å². The molecule has 0 N–H and O–H groups in total. The molecule has 1 fully saturated rings. The molecule has 0 saturated heterocycles. The van der Waals surface area contributed by atoms with Crippen LogP contribution in [0.2, 0.25) is 0 Å². The van der Waals surface area contributed by atoms with Gasteiger partial charge in [0.25, 0.3) is 0 Å². The van der Waals surface area contributed by atoms with E-state index in [2.05, 4.69) is 45.2 Å². The number of benzene rings is 1. The van der Waals surface area contributed by atoms with Gasteiger partial charge < -0.3 is 4.74 Å². The van der Waals surface area contributed by atoms with E-state index in [-0.39, 0.29) is 5.41 Å². The van der Waals surface area contributed by atoms with Gasteiger partial charge >= 0.3 is 0 Å². The first-order valence-corrected chi connectivity index (χ1v) is 7.08. The van der Waals surface area contributed by atoms with Crippen molar-refractivity contribution in [1.29, 1.82) is 0 Å². The van der Waals surface area contributed by atoms with Crippen LogP contribution >= 0.6 is 11.8 Å². The number of thioether (sulfide) groups is 1. The van der Waals surface area contributed by atoms with Crippen molar-refractivity contribution < 1.29 is 4.74 Å². The minimum atomic E-state index is 0.182. The molecule has 0 spiro atoms. The molecule has 1 aliphatic carbocycles. The predicted octanol–water partition coefficient (Wildman–Crippen LogP) is 4.25. The van der Waals surface area contributed by atoms with Gasteiger partial charge in [-0.05, 0) is 48.3 Å². The van der Waals surface area contributed by atoms with Crippen LogP contribution in [0.1, 0.15) is 39.2 Å². The van der Waals surface area contributed by atoms with Gasteiger partial charge in [-0.1, -0.05) is 20.8 Å². The van der Waals surface area contributed by atoms with Gasteiger partial charge in [0.2, 0.25) is 0 Å². The Morgan fingerprint density at radius 1 is 1.25 bits per heavy atom. The van der Waals surface area contributed by atoms with Crippen molar-refractivity contribution in [2.24, 2.45) is 0 Å². The lowest BCUT2D eigenvalue weighted by Gasteiger charge is -2.23. The quantitative estimate of drug-likeness (QED) is 0.726. The highest BCUT2D eigenvalue weighted by molar-refractivity contribution is 7.98. The molecule has 0 aliphatic heterocycles. The monoisotopic (exact) mass is 236 g/mol. The molecular formula is C14H20OS. The Morgan fingerprint density at radius 2 is 1.94 bits per heavy atom. The van der Waals surface area contributed by atoms with Crippen LogP contribution < -0.4 is 4.74 Å². The number of rotatable bonds is 3. The molecule has 0 radical (unpaired) electrons. The summed E-state index contributed by atoms with van der Waals surface area (Å²) in [4.78, 5) is 1.36. The summed E-state index contributed by atoms with van der Waals surface area (Å²) in [5.41, 5.74) is 1.57. The lowest BCUT2D eigenvalue weighted by molar-refractivity contribution is 0.302. The Kier molecular flexibility index (Phi) is 3.20. The van der Waals surface area contributed by atoms with Gasteiger partial charge in [-0.25, -0.2) is 0 Å². The van der Waals surface area contributed by atoms with Crippen LogP contribution in [0.15, 0.2) is 23.1 Å². The van der Waals surface area contributed by atoms with Crippen LogP contribution in [0.4, 0.5) is 0 Å². The molecule has 0 aromatic heterocycles. The van der Waals surface area contributed by atoms with E-state index < -0.39 is 0 Å². The minimum Gasteiger partial charge on any atom is -0.490 e. The van der Waals surface area contributed by atoms with E-state index in [1.54, 1.807) is 0 Å². The maximum atomic E-state index is 5.85. The SMILES string of the molecule is CSc1ccc(OC2CC2)cc1C(C)(C)C. The molecule has 0 atom stereocenters. The lowest BCUT2D eigenvalue weighted by Crippen LogP contribution is -2.13. The fourth-order valence-corrected chi connectivity index (χ4v) is 2.51. The first-order valence-electron chi connectivity index (χ1n) is 5.86. The summed E-state index contributed by atoms with van der Waals surface area (Å²) in [5.74, 6) is 1.03. The molecule has 1 nitrogen and oxygen atoms in total. The molecule has 1 aromatic carbocycles. The zero-order chi connectivity index (χ0) is 11.8. The summed E-state index contributed by atoms with van der Waals surface area (Å²) < 4.78 is 5.85. The normalized spacial score (nSPS) is 16.2. The lowest BCUT2D eigenvalue weighted by atomic mass is 9.87. The van der Waals surface area contributed by atoms with Crippen LogP contribution in [0, 0.1) is 0 Å². The van der Waals surface area contributed by atoms with Gasteiger partial charge in [0, 0.05) is 4.90 Å². The molecule has 0 heterocycles. The van der Waals surface area contributed by atoms with E-state index in [9.17, 15) is 0 Å². The van der Waals surface area contributed by atoms with Gasteiger partial charge in [-0.15, -0.1) is 11.8 Å². The molecule has 1 aliphatic rings. The van der Waals surface area contributed by atoms with Crippen LogP contribution in [0.5, 0.6) is 5.75 Å². The standard InChI is InChI=1S/C14H20OS/c1-14(2,3)12-9-11(15-10-5-6-10)7-8-13(12)16-4/h7-10H,5-6H2,1-4H3. The Bertz CT molecular complexity index is 375. The molecule has 0 bridgehead atoms. The van der Waals surface area contributed by atoms with E-state index in [0.29, 0.717) is 6.10 Å². The number of ether oxygens (including phenoxy) is 1. The average molecular weight is 236 g/mol. The molecular weight excluding hydrogens is 216 g/mol. The van der Waals surface area contributed by atoms with Crippen molar-refractivity contribution in [3.8, 4) is 5.75 Å². The summed E-state index contributed by atoms with van der Waals surface area (Å²) in [6, 6.07) is 6.49. The van der Waals surface area contributed by atoms with Crippen molar-refractivity contribution in [3.05, 3.63) is 23.8 Å². The van der Waals surface area contributed by atoms with Gasteiger partial charge in [0.05, 0.1) is 6.10 Å². The molecule has 1 aromatic rings. The van der Waals surface area contributed by atoms with E-state index in [4.69, 9.17) is 4.74 Å². The van der Waals surface area contributed by atoms with E-state index >= 15 is 0 Å². The topological polar surface area (TPSA) is 9.23 Å². The third kappa shape index (κ3) is 2.73. The van der Waals surface area contributed by atoms with Crippen molar-refractivity contribution in [2.45, 2.75) is 50.0 Å². The summed E-state index contributed by atoms with van der Waals surface area (Å²) in [6.45, 7) is 6.76. The first kappa shape index (κ1) is 11.8. The summed E-state index contributed by atoms with van der Waals surface area (Å²) in [5, 5.41) is 0. The maximum Gasteiger partial charge on any atom is 0.120 e. The highest BCUT2D eigenvalue weighted by Crippen LogP contribution is 2.35. The molecule has 0 amide bonds. The van der Waals surface area contributed by atoms with Gasteiger partial charge in [-0.2, -0.15) is 0 Å². The van der Waals surface area contributed by atoms with Gasteiger partial charge in [-0.3, -0.25) is 0 Å². The molecule has 2 heteroatoms. The van der Waals surface area contributed by atoms with Crippen LogP contribution in [-0.4, -0.2) is 12.4 Å². The van der Waals surface area contributed by atoms with Crippen LogP contribution in [-0.2, 0) is 5.41 Å². The molecule has 16 heavy (non-hydrogen) atoms. The fraction of sp³-hybridized carbons (Fsp3) is 0.571. The largest absolute Gasteiger partial charge is 0.490 e. The second-order valence-electron chi connectivity index (χ2n) is 5.43. The van der Waals surface area contributed by atoms with Crippen molar-refractivity contribution >= 4 is 11.8 Å². The second kappa shape index (κ2) is 4.33. The fourth-order valence-electron chi connectivity index (χ4n) is 1.72. The van der Waals surface area contributed by atoms with Crippen LogP contribution in [0.3, 0.4) is 0 Å². The third-order valence-electron chi connectivity index (χ3n) is 2.81. The highest BCUT2D eigenvalue weighted by Gasteiger charge is 2.25. The predicted molar refractivity (Wildman–Crippen MR) is 70.6 cm³/mol. The van der Waals surface area contributed by atoms with E-state index in [0.717, 1.165) is 5.75 Å². The van der Waals surface area contributed by atoms with Crippen molar-refractivity contribution in [3.63, 3.8) is 0 Å². The Balaban J connectivity index is 2.29. The molecule has 2 rings (SSSR count). The molecule has 1 saturated carbocycles. The van der Waals surface area contributed by atoms with E-state index in [1.807, 2.05) is 11.8 Å². The smallest absolute Gasteiger partial charge is 0.120 e. The Morgan fingerprint density at radius 3 is 2.44 bits per heavy atom. The second-order valence-corrected chi connectivity index (χ2v) is 6.28. The van der Waals surface area contributed by atoms with Gasteiger partial charge in [0.15, 0.2) is 0 Å². The zero-order valence-electron chi connectivity index (χ0n) is 10.5. The third-order valence-corrected chi connectivity index (χ3v) is 3.60. The zero-order valence-corrected chi connectivity index (χ0v) is 11.4. The summed E-state index contributed by atoms with van der Waals surface area (Å²) in [6.07, 6.45) is 5.05. The maximum absolute atomic E-state index is 5.85. The highest BCUT2D eigenvalue weighted by atomic mass is 32.2. The Hall–Kier alpha value is -0.630. The van der Waals surface area contributed by atoms with Crippen molar-refractivity contribution in [2.75, 3.05) is 6.26 Å². The first-order chi connectivity index (χ1) is 7.50. The minimum absolute atomic E-state index is 0.182. The number of hydrogen-bond acceptors (Lipinski definition) is 2. The Labute approximate surface area is 103 Å². The summed E-state index contributed by atoms with van der Waals surface area (Å²) >= 11 is 1.81. The molecule has 0 unspecified atom stereocenters. The number of hydrogen-bond donors (Lipinski definition) is 0. The molecule has 88 valence electrons. The average Bonchev–Trinajstić information content (AvgIpc) is 3.00. The van der Waals surface area contributed by atoms with E-state index in [1.165, 1.54) is 23.3 Å².